The summed E-state index contributed by atoms with van der Waals surface area (Å²) in [4.78, 5) is 14.9. The highest BCUT2D eigenvalue weighted by molar-refractivity contribution is 7.24. The summed E-state index contributed by atoms with van der Waals surface area (Å²) in [6.07, 6.45) is 1.19. The number of hydrogen-bond acceptors (Lipinski definition) is 4. The van der Waals surface area contributed by atoms with E-state index in [1.54, 1.807) is 11.3 Å². The van der Waals surface area contributed by atoms with Crippen molar-refractivity contribution in [1.82, 2.24) is 4.90 Å². The van der Waals surface area contributed by atoms with Gasteiger partial charge >= 0.3 is 0 Å². The number of rotatable bonds is 6. The predicted molar refractivity (Wildman–Crippen MR) is 103 cm³/mol. The van der Waals surface area contributed by atoms with E-state index in [0.717, 1.165) is 38.7 Å². The Balaban J connectivity index is 1.89. The fraction of sp³-hybridized carbons (Fsp3) is 0.350. The summed E-state index contributed by atoms with van der Waals surface area (Å²) in [6.45, 7) is 3.58. The van der Waals surface area contributed by atoms with Gasteiger partial charge in [0.15, 0.2) is 5.43 Å². The lowest BCUT2D eigenvalue weighted by Crippen LogP contribution is -2.27. The second-order valence-corrected chi connectivity index (χ2v) is 7.45. The number of hydrogen-bond donors (Lipinski definition) is 0. The third kappa shape index (κ3) is 3.66. The van der Waals surface area contributed by atoms with Gasteiger partial charge in [-0.05, 0) is 50.3 Å². The van der Waals surface area contributed by atoms with E-state index in [1.165, 1.54) is 0 Å². The highest BCUT2D eigenvalue weighted by Gasteiger charge is 2.10. The molecule has 24 heavy (non-hydrogen) atoms. The van der Waals surface area contributed by atoms with E-state index in [-0.39, 0.29) is 11.5 Å². The van der Waals surface area contributed by atoms with Crippen molar-refractivity contribution in [2.24, 2.45) is 0 Å². The average molecular weight is 341 g/mol. The Morgan fingerprint density at radius 3 is 2.58 bits per heavy atom. The van der Waals surface area contributed by atoms with Crippen LogP contribution in [0.5, 0.6) is 0 Å². The molecule has 0 aliphatic carbocycles. The first-order chi connectivity index (χ1) is 11.6. The Bertz CT molecular complexity index is 901. The minimum Gasteiger partial charge on any atom is -0.372 e. The molecule has 0 radical (unpaired) electrons. The molecule has 3 nitrogen and oxygen atoms in total. The van der Waals surface area contributed by atoms with E-state index in [9.17, 15) is 4.79 Å². The highest BCUT2D eigenvalue weighted by Crippen LogP contribution is 2.25. The molecule has 0 N–H and O–H groups in total. The normalized spacial score (nSPS) is 13.0. The molecule has 0 fully saturated rings. The molecule has 2 aromatic carbocycles. The van der Waals surface area contributed by atoms with Crippen molar-refractivity contribution in [3.8, 4) is 0 Å². The predicted octanol–water partition coefficient (Wildman–Crippen LogP) is 4.27. The van der Waals surface area contributed by atoms with Crippen LogP contribution in [0.1, 0.15) is 18.9 Å². The summed E-state index contributed by atoms with van der Waals surface area (Å²) < 4.78 is 8.09. The highest BCUT2D eigenvalue weighted by atomic mass is 32.1. The van der Waals surface area contributed by atoms with Crippen LogP contribution in [0.2, 0.25) is 0 Å². The number of nitrogens with zero attached hydrogens (tertiary/aromatic N) is 1. The Labute approximate surface area is 146 Å². The van der Waals surface area contributed by atoms with Crippen LogP contribution in [0.25, 0.3) is 20.2 Å². The summed E-state index contributed by atoms with van der Waals surface area (Å²) in [5.74, 6) is 0. The monoisotopic (exact) mass is 341 g/mol. The SMILES string of the molecule is CCC(CN(C)C)OCc1ccc2sc3ccccc3c(=O)c2c1. The maximum atomic E-state index is 12.7. The molecule has 1 atom stereocenters. The van der Waals surface area contributed by atoms with Crippen LogP contribution in [0.15, 0.2) is 47.3 Å². The Kier molecular flexibility index (Phi) is 5.29. The van der Waals surface area contributed by atoms with Crippen molar-refractivity contribution < 1.29 is 4.74 Å². The first-order valence-corrected chi connectivity index (χ1v) is 9.11. The van der Waals surface area contributed by atoms with Crippen LogP contribution < -0.4 is 5.43 Å². The van der Waals surface area contributed by atoms with Crippen LogP contribution in [0.3, 0.4) is 0 Å². The second kappa shape index (κ2) is 7.43. The molecular weight excluding hydrogens is 318 g/mol. The van der Waals surface area contributed by atoms with Crippen LogP contribution in [0.4, 0.5) is 0 Å². The maximum absolute atomic E-state index is 12.7. The lowest BCUT2D eigenvalue weighted by molar-refractivity contribution is 0.0221. The fourth-order valence-electron chi connectivity index (χ4n) is 2.86. The second-order valence-electron chi connectivity index (χ2n) is 6.36. The molecule has 3 rings (SSSR count). The van der Waals surface area contributed by atoms with Crippen molar-refractivity contribution in [2.45, 2.75) is 26.1 Å². The molecule has 0 bridgehead atoms. The third-order valence-corrected chi connectivity index (χ3v) is 5.30. The van der Waals surface area contributed by atoms with Gasteiger partial charge in [-0.3, -0.25) is 4.79 Å². The maximum Gasteiger partial charge on any atom is 0.195 e. The first-order valence-electron chi connectivity index (χ1n) is 8.29. The molecule has 0 saturated carbocycles. The zero-order chi connectivity index (χ0) is 17.1. The van der Waals surface area contributed by atoms with Crippen molar-refractivity contribution in [3.05, 3.63) is 58.3 Å². The minimum absolute atomic E-state index is 0.113. The van der Waals surface area contributed by atoms with E-state index < -0.39 is 0 Å². The van der Waals surface area contributed by atoms with E-state index >= 15 is 0 Å². The molecule has 126 valence electrons. The summed E-state index contributed by atoms with van der Waals surface area (Å²) >= 11 is 1.66. The van der Waals surface area contributed by atoms with Gasteiger partial charge in [0.2, 0.25) is 0 Å². The van der Waals surface area contributed by atoms with Gasteiger partial charge in [0.05, 0.1) is 12.7 Å². The van der Waals surface area contributed by atoms with Crippen LogP contribution in [0, 0.1) is 0 Å². The summed E-state index contributed by atoms with van der Waals surface area (Å²) in [7, 11) is 4.11. The molecule has 1 heterocycles. The molecular formula is C20H23NO2S. The van der Waals surface area contributed by atoms with Crippen molar-refractivity contribution >= 4 is 31.5 Å². The quantitative estimate of drug-likeness (QED) is 0.627. The fourth-order valence-corrected chi connectivity index (χ4v) is 3.91. The van der Waals surface area contributed by atoms with Gasteiger partial charge in [0.1, 0.15) is 0 Å². The molecule has 0 spiro atoms. The van der Waals surface area contributed by atoms with Crippen LogP contribution in [-0.4, -0.2) is 31.6 Å². The van der Waals surface area contributed by atoms with Gasteiger partial charge in [0, 0.05) is 26.7 Å². The van der Waals surface area contributed by atoms with Gasteiger partial charge in [-0.25, -0.2) is 0 Å². The van der Waals surface area contributed by atoms with Crippen molar-refractivity contribution in [2.75, 3.05) is 20.6 Å². The molecule has 4 heteroatoms. The number of likely N-dealkylation sites (N-methyl/N-ethyl adjacent to an activating group) is 1. The Morgan fingerprint density at radius 2 is 1.83 bits per heavy atom. The van der Waals surface area contributed by atoms with E-state index in [2.05, 4.69) is 32.0 Å². The molecule has 0 aliphatic heterocycles. The average Bonchev–Trinajstić information content (AvgIpc) is 2.59. The first kappa shape index (κ1) is 17.1. The van der Waals surface area contributed by atoms with Gasteiger partial charge in [-0.15, -0.1) is 11.3 Å². The van der Waals surface area contributed by atoms with Crippen LogP contribution in [-0.2, 0) is 11.3 Å². The lowest BCUT2D eigenvalue weighted by atomic mass is 10.1. The molecule has 0 saturated heterocycles. The third-order valence-electron chi connectivity index (χ3n) is 4.15. The lowest BCUT2D eigenvalue weighted by Gasteiger charge is -2.20. The van der Waals surface area contributed by atoms with Gasteiger partial charge < -0.3 is 9.64 Å². The van der Waals surface area contributed by atoms with Gasteiger partial charge in [-0.2, -0.15) is 0 Å². The smallest absolute Gasteiger partial charge is 0.195 e. The van der Waals surface area contributed by atoms with Crippen molar-refractivity contribution in [1.29, 1.82) is 0 Å². The molecule has 0 aliphatic rings. The largest absolute Gasteiger partial charge is 0.372 e. The van der Waals surface area contributed by atoms with Gasteiger partial charge in [0.25, 0.3) is 0 Å². The van der Waals surface area contributed by atoms with Crippen molar-refractivity contribution in [3.63, 3.8) is 0 Å². The summed E-state index contributed by atoms with van der Waals surface area (Å²) in [5, 5.41) is 1.59. The number of benzene rings is 2. The molecule has 0 amide bonds. The van der Waals surface area contributed by atoms with Gasteiger partial charge in [-0.1, -0.05) is 25.1 Å². The molecule has 3 aromatic rings. The topological polar surface area (TPSA) is 29.5 Å². The van der Waals surface area contributed by atoms with E-state index in [0.29, 0.717) is 6.61 Å². The summed E-state index contributed by atoms with van der Waals surface area (Å²) in [6, 6.07) is 13.9. The zero-order valence-electron chi connectivity index (χ0n) is 14.4. The number of fused-ring (bicyclic) bond motifs is 2. The zero-order valence-corrected chi connectivity index (χ0v) is 15.2. The molecule has 1 unspecified atom stereocenters. The van der Waals surface area contributed by atoms with E-state index in [1.807, 2.05) is 36.4 Å². The number of ether oxygens (including phenoxy) is 1. The Morgan fingerprint density at radius 1 is 1.08 bits per heavy atom. The Hall–Kier alpha value is -1.75. The van der Waals surface area contributed by atoms with Crippen LogP contribution >= 0.6 is 11.3 Å². The molecule has 1 aromatic heterocycles. The summed E-state index contributed by atoms with van der Waals surface area (Å²) in [5.41, 5.74) is 1.17. The standard InChI is InChI=1S/C20H23NO2S/c1-4-15(12-21(2)3)23-13-14-9-10-19-17(11-14)20(22)16-7-5-6-8-18(16)24-19/h5-11,15H,4,12-13H2,1-3H3. The van der Waals surface area contributed by atoms with E-state index in [4.69, 9.17) is 4.74 Å². The minimum atomic E-state index is 0.113.